The Morgan fingerprint density at radius 2 is 1.67 bits per heavy atom. The maximum Gasteiger partial charge on any atom is 0.326 e. The van der Waals surface area contributed by atoms with Crippen molar-refractivity contribution in [3.05, 3.63) is 70.1 Å². The molecule has 1 aromatic heterocycles. The Bertz CT molecular complexity index is 967. The maximum atomic E-state index is 12.4. The summed E-state index contributed by atoms with van der Waals surface area (Å²) in [6.45, 7) is 9.79. The van der Waals surface area contributed by atoms with Gasteiger partial charge in [0.05, 0.1) is 11.0 Å². The number of hydrogen-bond donors (Lipinski definition) is 1. The second-order valence-corrected chi connectivity index (χ2v) is 8.77. The van der Waals surface area contributed by atoms with E-state index < -0.39 is 0 Å². The van der Waals surface area contributed by atoms with Crippen LogP contribution in [0.15, 0.2) is 53.3 Å². The molecule has 0 bridgehead atoms. The molecule has 0 unspecified atom stereocenters. The van der Waals surface area contributed by atoms with Crippen molar-refractivity contribution in [2.24, 2.45) is 0 Å². The van der Waals surface area contributed by atoms with E-state index in [1.54, 1.807) is 0 Å². The molecule has 2 heterocycles. The molecule has 0 amide bonds. The zero-order valence-corrected chi connectivity index (χ0v) is 16.5. The monoisotopic (exact) mass is 363 g/mol. The van der Waals surface area contributed by atoms with E-state index in [0.717, 1.165) is 43.5 Å². The fourth-order valence-electron chi connectivity index (χ4n) is 4.14. The van der Waals surface area contributed by atoms with Gasteiger partial charge in [-0.3, -0.25) is 9.47 Å². The number of H-pyrrole nitrogens is 1. The minimum absolute atomic E-state index is 0.0208. The van der Waals surface area contributed by atoms with E-state index in [0.29, 0.717) is 0 Å². The van der Waals surface area contributed by atoms with Crippen molar-refractivity contribution >= 4 is 11.0 Å². The largest absolute Gasteiger partial charge is 0.326 e. The van der Waals surface area contributed by atoms with Crippen LogP contribution in [0.4, 0.5) is 0 Å². The molecule has 4 heteroatoms. The normalized spacial score (nSPS) is 16.9. The van der Waals surface area contributed by atoms with E-state index in [4.69, 9.17) is 0 Å². The van der Waals surface area contributed by atoms with E-state index in [9.17, 15) is 4.79 Å². The molecule has 0 radical (unpaired) electrons. The van der Waals surface area contributed by atoms with Crippen LogP contribution in [-0.2, 0) is 12.0 Å². The minimum atomic E-state index is 0.0208. The van der Waals surface area contributed by atoms with E-state index in [2.05, 4.69) is 54.9 Å². The summed E-state index contributed by atoms with van der Waals surface area (Å²) in [5, 5.41) is 0. The van der Waals surface area contributed by atoms with Crippen LogP contribution in [0.5, 0.6) is 0 Å². The number of nitrogens with zero attached hydrogens (tertiary/aromatic N) is 2. The molecule has 0 saturated carbocycles. The molecule has 1 aliphatic rings. The fraction of sp³-hybridized carbons (Fsp3) is 0.435. The lowest BCUT2D eigenvalue weighted by Gasteiger charge is -2.32. The van der Waals surface area contributed by atoms with E-state index in [1.807, 2.05) is 28.8 Å². The number of aromatic amines is 1. The molecule has 1 N–H and O–H groups in total. The summed E-state index contributed by atoms with van der Waals surface area (Å²) in [5.74, 6) is 0. The molecule has 1 saturated heterocycles. The Labute approximate surface area is 160 Å². The van der Waals surface area contributed by atoms with Gasteiger partial charge in [0.25, 0.3) is 0 Å². The first-order valence-electron chi connectivity index (χ1n) is 9.93. The molecule has 4 rings (SSSR count). The Morgan fingerprint density at radius 3 is 2.33 bits per heavy atom. The van der Waals surface area contributed by atoms with Gasteiger partial charge in [-0.15, -0.1) is 0 Å². The number of imidazole rings is 1. The summed E-state index contributed by atoms with van der Waals surface area (Å²) in [5.41, 5.74) is 4.92. The summed E-state index contributed by atoms with van der Waals surface area (Å²) in [4.78, 5) is 17.9. The van der Waals surface area contributed by atoms with Crippen molar-refractivity contribution in [1.29, 1.82) is 0 Å². The summed E-state index contributed by atoms with van der Waals surface area (Å²) < 4.78 is 1.96. The van der Waals surface area contributed by atoms with Gasteiger partial charge in [-0.2, -0.15) is 0 Å². The smallest absolute Gasteiger partial charge is 0.306 e. The third kappa shape index (κ3) is 3.72. The highest BCUT2D eigenvalue weighted by atomic mass is 16.1. The van der Waals surface area contributed by atoms with E-state index in [1.165, 1.54) is 11.1 Å². The van der Waals surface area contributed by atoms with E-state index >= 15 is 0 Å². The molecule has 0 spiro atoms. The number of aromatic nitrogens is 2. The zero-order valence-electron chi connectivity index (χ0n) is 16.5. The van der Waals surface area contributed by atoms with Gasteiger partial charge in [-0.05, 0) is 41.5 Å². The summed E-state index contributed by atoms with van der Waals surface area (Å²) in [6, 6.07) is 17.3. The number of fused-ring (bicyclic) bond motifs is 1. The number of hydrogen-bond acceptors (Lipinski definition) is 2. The number of benzene rings is 2. The van der Waals surface area contributed by atoms with Crippen LogP contribution >= 0.6 is 0 Å². The highest BCUT2D eigenvalue weighted by Crippen LogP contribution is 2.26. The first-order chi connectivity index (χ1) is 12.9. The Kier molecular flexibility index (Phi) is 4.68. The molecule has 142 valence electrons. The van der Waals surface area contributed by atoms with Crippen LogP contribution in [0.1, 0.15) is 50.8 Å². The number of likely N-dealkylation sites (tertiary alicyclic amines) is 1. The van der Waals surface area contributed by atoms with Crippen molar-refractivity contribution in [2.75, 3.05) is 13.1 Å². The van der Waals surface area contributed by atoms with Gasteiger partial charge in [-0.25, -0.2) is 4.79 Å². The predicted octanol–water partition coefficient (Wildman–Crippen LogP) is 4.46. The molecule has 1 aliphatic heterocycles. The minimum Gasteiger partial charge on any atom is -0.306 e. The average molecular weight is 364 g/mol. The third-order valence-electron chi connectivity index (χ3n) is 5.77. The SMILES string of the molecule is CC(C)(C)c1ccc(CN2CCC(n3c(=O)[nH]c4ccccc43)CC2)cc1. The highest BCUT2D eigenvalue weighted by molar-refractivity contribution is 5.75. The Morgan fingerprint density at radius 1 is 1.00 bits per heavy atom. The van der Waals surface area contributed by atoms with Crippen LogP contribution in [0.2, 0.25) is 0 Å². The molecule has 1 fully saturated rings. The number of piperidine rings is 1. The molecule has 0 atom stereocenters. The fourth-order valence-corrected chi connectivity index (χ4v) is 4.14. The van der Waals surface area contributed by atoms with Crippen LogP contribution in [0, 0.1) is 0 Å². The van der Waals surface area contributed by atoms with Crippen molar-refractivity contribution < 1.29 is 0 Å². The van der Waals surface area contributed by atoms with Crippen molar-refractivity contribution in [1.82, 2.24) is 14.5 Å². The molecular weight excluding hydrogens is 334 g/mol. The van der Waals surface area contributed by atoms with Crippen LogP contribution < -0.4 is 5.69 Å². The van der Waals surface area contributed by atoms with Crippen molar-refractivity contribution in [2.45, 2.75) is 51.6 Å². The second kappa shape index (κ2) is 7.01. The summed E-state index contributed by atoms with van der Waals surface area (Å²) in [7, 11) is 0. The number of para-hydroxylation sites is 2. The van der Waals surface area contributed by atoms with Gasteiger partial charge in [0.1, 0.15) is 0 Å². The molecule has 2 aromatic carbocycles. The standard InChI is InChI=1S/C23H29N3O/c1-23(2,3)18-10-8-17(9-11-18)16-25-14-12-19(13-15-25)26-21-7-5-4-6-20(21)24-22(26)27/h4-11,19H,12-16H2,1-3H3,(H,24,27). The van der Waals surface area contributed by atoms with E-state index in [-0.39, 0.29) is 17.1 Å². The number of nitrogens with one attached hydrogen (secondary N) is 1. The van der Waals surface area contributed by atoms with Gasteiger partial charge in [0.15, 0.2) is 0 Å². The predicted molar refractivity (Wildman–Crippen MR) is 111 cm³/mol. The maximum absolute atomic E-state index is 12.4. The molecule has 0 aliphatic carbocycles. The molecular formula is C23H29N3O. The summed E-state index contributed by atoms with van der Waals surface area (Å²) >= 11 is 0. The molecule has 27 heavy (non-hydrogen) atoms. The molecule has 4 nitrogen and oxygen atoms in total. The topological polar surface area (TPSA) is 41.0 Å². The highest BCUT2D eigenvalue weighted by Gasteiger charge is 2.23. The molecule has 3 aromatic rings. The van der Waals surface area contributed by atoms with Crippen molar-refractivity contribution in [3.63, 3.8) is 0 Å². The third-order valence-corrected chi connectivity index (χ3v) is 5.77. The van der Waals surface area contributed by atoms with Gasteiger partial charge >= 0.3 is 5.69 Å². The van der Waals surface area contributed by atoms with Gasteiger partial charge in [0.2, 0.25) is 0 Å². The lowest BCUT2D eigenvalue weighted by Crippen LogP contribution is -2.36. The summed E-state index contributed by atoms with van der Waals surface area (Å²) in [6.07, 6.45) is 2.03. The first-order valence-corrected chi connectivity index (χ1v) is 9.93. The average Bonchev–Trinajstić information content (AvgIpc) is 2.98. The lowest BCUT2D eigenvalue weighted by atomic mass is 9.86. The van der Waals surface area contributed by atoms with Crippen LogP contribution in [0.25, 0.3) is 11.0 Å². The van der Waals surface area contributed by atoms with Gasteiger partial charge in [-0.1, -0.05) is 57.2 Å². The zero-order chi connectivity index (χ0) is 19.0. The van der Waals surface area contributed by atoms with Gasteiger partial charge in [0, 0.05) is 25.7 Å². The number of rotatable bonds is 3. The first kappa shape index (κ1) is 18.1. The Balaban J connectivity index is 1.42. The Hall–Kier alpha value is -2.33. The van der Waals surface area contributed by atoms with Crippen LogP contribution in [-0.4, -0.2) is 27.5 Å². The lowest BCUT2D eigenvalue weighted by molar-refractivity contribution is 0.180. The van der Waals surface area contributed by atoms with Gasteiger partial charge < -0.3 is 4.98 Å². The van der Waals surface area contributed by atoms with Crippen molar-refractivity contribution in [3.8, 4) is 0 Å². The quantitative estimate of drug-likeness (QED) is 0.746. The van der Waals surface area contributed by atoms with Crippen LogP contribution in [0.3, 0.4) is 0 Å². The second-order valence-electron chi connectivity index (χ2n) is 8.77.